The van der Waals surface area contributed by atoms with Crippen LogP contribution >= 0.6 is 0 Å². The lowest BCUT2D eigenvalue weighted by Crippen LogP contribution is -2.71. The van der Waals surface area contributed by atoms with Crippen molar-refractivity contribution < 1.29 is 8.78 Å². The van der Waals surface area contributed by atoms with Crippen LogP contribution in [0.5, 0.6) is 0 Å². The first-order valence-corrected chi connectivity index (χ1v) is 13.6. The smallest absolute Gasteiger partial charge is 0.133 e. The zero-order valence-corrected chi connectivity index (χ0v) is 20.6. The zero-order chi connectivity index (χ0) is 23.7. The summed E-state index contributed by atoms with van der Waals surface area (Å²) < 4.78 is 31.8. The Morgan fingerprint density at radius 1 is 1.03 bits per heavy atom. The molecule has 2 aliphatic heterocycles. The van der Waals surface area contributed by atoms with Gasteiger partial charge < -0.3 is 10.2 Å². The topological polar surface area (TPSA) is 18.5 Å². The molecule has 0 aromatic heterocycles. The molecule has 1 saturated heterocycles. The van der Waals surface area contributed by atoms with E-state index in [9.17, 15) is 0 Å². The molecule has 8 rings (SSSR count). The van der Waals surface area contributed by atoms with Crippen LogP contribution in [0.4, 0.5) is 14.5 Å². The van der Waals surface area contributed by atoms with Crippen molar-refractivity contribution in [2.45, 2.75) is 69.5 Å². The Balaban J connectivity index is 1.24. The van der Waals surface area contributed by atoms with Crippen molar-refractivity contribution in [3.05, 3.63) is 70.3 Å². The summed E-state index contributed by atoms with van der Waals surface area (Å²) in [5.41, 5.74) is 6.08. The summed E-state index contributed by atoms with van der Waals surface area (Å²) in [6.45, 7) is 6.14. The summed E-state index contributed by atoms with van der Waals surface area (Å²) in [6.07, 6.45) is 7.81. The van der Waals surface area contributed by atoms with Crippen LogP contribution in [-0.4, -0.2) is 47.6 Å². The van der Waals surface area contributed by atoms with E-state index in [2.05, 4.69) is 46.3 Å². The van der Waals surface area contributed by atoms with Gasteiger partial charge in [-0.15, -0.1) is 0 Å². The lowest BCUT2D eigenvalue weighted by atomic mass is 9.48. The predicted octanol–water partition coefficient (Wildman–Crippen LogP) is 6.17. The molecule has 1 N–H and O–H groups in total. The Kier molecular flexibility index (Phi) is 5.12. The van der Waals surface area contributed by atoms with Crippen molar-refractivity contribution in [2.24, 2.45) is 5.92 Å². The first-order chi connectivity index (χ1) is 17.0. The quantitative estimate of drug-likeness (QED) is 0.539. The number of halogens is 2. The molecular formula is C30H35F2N3. The van der Waals surface area contributed by atoms with Crippen LogP contribution < -0.4 is 5.32 Å². The van der Waals surface area contributed by atoms with Crippen LogP contribution in [0.3, 0.4) is 0 Å². The second-order valence-electron chi connectivity index (χ2n) is 11.7. The molecule has 2 aromatic carbocycles. The minimum absolute atomic E-state index is 0.133. The van der Waals surface area contributed by atoms with Gasteiger partial charge in [0, 0.05) is 35.9 Å². The molecular weight excluding hydrogens is 440 g/mol. The van der Waals surface area contributed by atoms with Gasteiger partial charge in [-0.25, -0.2) is 8.78 Å². The molecule has 0 radical (unpaired) electrons. The summed E-state index contributed by atoms with van der Waals surface area (Å²) in [7, 11) is 0. The molecule has 3 saturated carbocycles. The predicted molar refractivity (Wildman–Crippen MR) is 136 cm³/mol. The lowest BCUT2D eigenvalue weighted by Gasteiger charge is -2.70. The number of anilines is 1. The SMILES string of the molecule is C[C@@H]1CC2=C(Cc3ccccc32)[C@@H](c2c(F)cc(NCCN3CCCC3)cc2F)N1C12CC(C1)C2. The first-order valence-electron chi connectivity index (χ1n) is 13.6. The number of hydrogen-bond donors (Lipinski definition) is 1. The van der Waals surface area contributed by atoms with E-state index in [0.717, 1.165) is 38.4 Å². The molecule has 0 amide bonds. The molecule has 2 heterocycles. The highest BCUT2D eigenvalue weighted by atomic mass is 19.1. The standard InChI is InChI=1S/C30H35F2N3/c1-19-12-24-23-7-3-2-6-21(23)13-25(24)29(35(19)30-16-20(17-30)18-30)28-26(31)14-22(15-27(28)32)33-8-11-34-9-4-5-10-34/h2-3,6-7,14-15,19-20,29,33H,4-5,8-13,16-18H2,1H3/t19-,20?,29+,30?/m1/s1. The Hall–Kier alpha value is -2.24. The summed E-state index contributed by atoms with van der Waals surface area (Å²) in [5.74, 6) is -0.00442. The molecule has 4 aliphatic carbocycles. The Labute approximate surface area is 207 Å². The summed E-state index contributed by atoms with van der Waals surface area (Å²) in [6, 6.07) is 11.6. The maximum Gasteiger partial charge on any atom is 0.133 e. The van der Waals surface area contributed by atoms with Crippen molar-refractivity contribution in [1.29, 1.82) is 0 Å². The van der Waals surface area contributed by atoms with Gasteiger partial charge in [0.25, 0.3) is 0 Å². The van der Waals surface area contributed by atoms with Crippen LogP contribution in [0.15, 0.2) is 42.0 Å². The summed E-state index contributed by atoms with van der Waals surface area (Å²) >= 11 is 0. The van der Waals surface area contributed by atoms with Crippen LogP contribution in [0, 0.1) is 17.6 Å². The van der Waals surface area contributed by atoms with E-state index in [1.54, 1.807) is 0 Å². The fourth-order valence-corrected chi connectivity index (χ4v) is 7.89. The van der Waals surface area contributed by atoms with Gasteiger partial charge in [0.1, 0.15) is 11.6 Å². The molecule has 2 aromatic rings. The van der Waals surface area contributed by atoms with Gasteiger partial charge in [0.2, 0.25) is 0 Å². The van der Waals surface area contributed by atoms with Crippen LogP contribution in [0.1, 0.15) is 68.2 Å². The monoisotopic (exact) mass is 475 g/mol. The zero-order valence-electron chi connectivity index (χ0n) is 20.6. The molecule has 3 nitrogen and oxygen atoms in total. The average molecular weight is 476 g/mol. The number of nitrogens with one attached hydrogen (secondary N) is 1. The second kappa shape index (κ2) is 8.14. The summed E-state index contributed by atoms with van der Waals surface area (Å²) in [5, 5.41) is 3.28. The number of benzene rings is 2. The van der Waals surface area contributed by atoms with Gasteiger partial charge in [-0.05, 0) is 105 Å². The van der Waals surface area contributed by atoms with Gasteiger partial charge in [-0.3, -0.25) is 4.90 Å². The average Bonchev–Trinajstić information content (AvgIpc) is 3.41. The van der Waals surface area contributed by atoms with Crippen LogP contribution in [-0.2, 0) is 6.42 Å². The van der Waals surface area contributed by atoms with E-state index in [-0.39, 0.29) is 23.2 Å². The third-order valence-corrected chi connectivity index (χ3v) is 9.56. The normalized spacial score (nSPS) is 31.7. The molecule has 0 spiro atoms. The fourth-order valence-electron chi connectivity index (χ4n) is 7.89. The molecule has 35 heavy (non-hydrogen) atoms. The van der Waals surface area contributed by atoms with Crippen LogP contribution in [0.25, 0.3) is 5.57 Å². The van der Waals surface area contributed by atoms with E-state index < -0.39 is 11.6 Å². The first kappa shape index (κ1) is 22.0. The lowest BCUT2D eigenvalue weighted by molar-refractivity contribution is -0.173. The maximum absolute atomic E-state index is 15.9. The van der Waals surface area contributed by atoms with Crippen molar-refractivity contribution >= 4 is 11.3 Å². The minimum Gasteiger partial charge on any atom is -0.384 e. The van der Waals surface area contributed by atoms with Crippen molar-refractivity contribution in [1.82, 2.24) is 9.80 Å². The number of likely N-dealkylation sites (tertiary alicyclic amines) is 1. The number of fused-ring (bicyclic) bond motifs is 2. The van der Waals surface area contributed by atoms with Crippen LogP contribution in [0.2, 0.25) is 0 Å². The summed E-state index contributed by atoms with van der Waals surface area (Å²) in [4.78, 5) is 4.94. The number of hydrogen-bond acceptors (Lipinski definition) is 3. The highest BCUT2D eigenvalue weighted by molar-refractivity contribution is 5.79. The third-order valence-electron chi connectivity index (χ3n) is 9.56. The van der Waals surface area contributed by atoms with E-state index >= 15 is 8.78 Å². The maximum atomic E-state index is 15.9. The Morgan fingerprint density at radius 2 is 1.74 bits per heavy atom. The molecule has 2 atom stereocenters. The largest absolute Gasteiger partial charge is 0.384 e. The fraction of sp³-hybridized carbons (Fsp3) is 0.533. The van der Waals surface area contributed by atoms with Gasteiger partial charge in [-0.1, -0.05) is 24.3 Å². The molecule has 5 heteroatoms. The van der Waals surface area contributed by atoms with Gasteiger partial charge in [0.05, 0.1) is 6.04 Å². The molecule has 2 bridgehead atoms. The van der Waals surface area contributed by atoms with Crippen molar-refractivity contribution in [3.8, 4) is 0 Å². The van der Waals surface area contributed by atoms with Crippen molar-refractivity contribution in [3.63, 3.8) is 0 Å². The second-order valence-corrected chi connectivity index (χ2v) is 11.7. The van der Waals surface area contributed by atoms with Crippen molar-refractivity contribution in [2.75, 3.05) is 31.5 Å². The third kappa shape index (κ3) is 3.41. The molecule has 6 aliphatic rings. The minimum atomic E-state index is -0.410. The Morgan fingerprint density at radius 3 is 2.43 bits per heavy atom. The van der Waals surface area contributed by atoms with E-state index in [0.29, 0.717) is 12.2 Å². The molecule has 184 valence electrons. The van der Waals surface area contributed by atoms with Gasteiger partial charge in [-0.2, -0.15) is 0 Å². The number of rotatable bonds is 6. The van der Waals surface area contributed by atoms with Gasteiger partial charge in [0.15, 0.2) is 0 Å². The van der Waals surface area contributed by atoms with Gasteiger partial charge >= 0.3 is 0 Å². The van der Waals surface area contributed by atoms with E-state index in [1.165, 1.54) is 66.5 Å². The van der Waals surface area contributed by atoms with E-state index in [4.69, 9.17) is 0 Å². The molecule has 0 unspecified atom stereocenters. The Bertz CT molecular complexity index is 1160. The van der Waals surface area contributed by atoms with E-state index in [1.807, 2.05) is 0 Å². The number of nitrogens with zero attached hydrogens (tertiary/aromatic N) is 2. The highest BCUT2D eigenvalue weighted by Gasteiger charge is 2.63. The molecule has 4 fully saturated rings. The highest BCUT2D eigenvalue weighted by Crippen LogP contribution is 2.65.